The maximum absolute atomic E-state index is 11.4. The molecule has 0 aromatic heterocycles. The van der Waals surface area contributed by atoms with E-state index in [2.05, 4.69) is 0 Å². The molecular formula is C10H15NO4. The highest BCUT2D eigenvalue weighted by molar-refractivity contribution is 5.93. The third-order valence-electron chi connectivity index (χ3n) is 2.54. The van der Waals surface area contributed by atoms with Crippen LogP contribution < -0.4 is 0 Å². The minimum absolute atomic E-state index is 0.0425. The van der Waals surface area contributed by atoms with Gasteiger partial charge < -0.3 is 15.1 Å². The van der Waals surface area contributed by atoms with Gasteiger partial charge >= 0.3 is 5.97 Å². The molecule has 1 aliphatic heterocycles. The average Bonchev–Trinajstić information content (AvgIpc) is 2.18. The molecule has 2 atom stereocenters. The van der Waals surface area contributed by atoms with E-state index in [1.165, 1.54) is 0 Å². The highest BCUT2D eigenvalue weighted by Gasteiger charge is 2.25. The molecule has 0 aromatic rings. The third-order valence-corrected chi connectivity index (χ3v) is 2.54. The first kappa shape index (κ1) is 11.7. The number of carbonyl (C=O) groups excluding carboxylic acids is 1. The molecular weight excluding hydrogens is 198 g/mol. The molecule has 0 spiro atoms. The lowest BCUT2D eigenvalue weighted by Crippen LogP contribution is -2.44. The van der Waals surface area contributed by atoms with Gasteiger partial charge in [-0.2, -0.15) is 0 Å². The van der Waals surface area contributed by atoms with Crippen molar-refractivity contribution in [2.75, 3.05) is 13.1 Å². The van der Waals surface area contributed by atoms with Gasteiger partial charge in [0, 0.05) is 25.2 Å². The Labute approximate surface area is 88.0 Å². The Morgan fingerprint density at radius 2 is 2.07 bits per heavy atom. The van der Waals surface area contributed by atoms with E-state index < -0.39 is 5.97 Å². The lowest BCUT2D eigenvalue weighted by atomic mass is 9.97. The van der Waals surface area contributed by atoms with Crippen LogP contribution in [0.2, 0.25) is 0 Å². The summed E-state index contributed by atoms with van der Waals surface area (Å²) in [5.74, 6) is -1.40. The standard InChI is InChI=1S/C10H15NO4/c1-7-6-11(5-4-8(7)12)9(13)2-3-10(14)15/h2-3,7-8,12H,4-6H2,1H3,(H,14,15)/b3-2+/t7-,8+/m1/s1. The maximum atomic E-state index is 11.4. The summed E-state index contributed by atoms with van der Waals surface area (Å²) in [5, 5.41) is 17.8. The molecule has 0 aliphatic carbocycles. The number of piperidine rings is 1. The number of carboxylic acid groups (broad SMARTS) is 1. The van der Waals surface area contributed by atoms with Crippen molar-refractivity contribution in [3.05, 3.63) is 12.2 Å². The second-order valence-corrected chi connectivity index (χ2v) is 3.79. The summed E-state index contributed by atoms with van der Waals surface area (Å²) in [6, 6.07) is 0. The number of aliphatic carboxylic acids is 1. The fraction of sp³-hybridized carbons (Fsp3) is 0.600. The topological polar surface area (TPSA) is 77.8 Å². The number of hydrogen-bond acceptors (Lipinski definition) is 3. The number of nitrogens with zero attached hydrogens (tertiary/aromatic N) is 1. The normalized spacial score (nSPS) is 26.9. The van der Waals surface area contributed by atoms with Crippen LogP contribution in [-0.4, -0.2) is 46.2 Å². The highest BCUT2D eigenvalue weighted by atomic mass is 16.4. The smallest absolute Gasteiger partial charge is 0.328 e. The Morgan fingerprint density at radius 1 is 1.40 bits per heavy atom. The summed E-state index contributed by atoms with van der Waals surface area (Å²) in [7, 11) is 0. The molecule has 1 heterocycles. The van der Waals surface area contributed by atoms with Gasteiger partial charge in [0.15, 0.2) is 0 Å². The summed E-state index contributed by atoms with van der Waals surface area (Å²) in [4.78, 5) is 23.2. The molecule has 0 radical (unpaired) electrons. The van der Waals surface area contributed by atoms with Crippen LogP contribution in [0.3, 0.4) is 0 Å². The largest absolute Gasteiger partial charge is 0.478 e. The van der Waals surface area contributed by atoms with Gasteiger partial charge in [-0.05, 0) is 12.3 Å². The van der Waals surface area contributed by atoms with E-state index in [4.69, 9.17) is 5.11 Å². The van der Waals surface area contributed by atoms with Crippen LogP contribution in [0.4, 0.5) is 0 Å². The van der Waals surface area contributed by atoms with Crippen molar-refractivity contribution >= 4 is 11.9 Å². The third kappa shape index (κ3) is 3.36. The van der Waals surface area contributed by atoms with Gasteiger partial charge in [0.05, 0.1) is 6.10 Å². The molecule has 0 aromatic carbocycles. The Morgan fingerprint density at radius 3 is 2.60 bits per heavy atom. The monoisotopic (exact) mass is 213 g/mol. The molecule has 1 saturated heterocycles. The second kappa shape index (κ2) is 4.93. The summed E-state index contributed by atoms with van der Waals surface area (Å²) < 4.78 is 0. The van der Waals surface area contributed by atoms with Crippen molar-refractivity contribution in [1.82, 2.24) is 4.90 Å². The van der Waals surface area contributed by atoms with Gasteiger partial charge in [0.25, 0.3) is 0 Å². The zero-order chi connectivity index (χ0) is 11.4. The van der Waals surface area contributed by atoms with Crippen molar-refractivity contribution < 1.29 is 19.8 Å². The van der Waals surface area contributed by atoms with Crippen LogP contribution in [0.1, 0.15) is 13.3 Å². The van der Waals surface area contributed by atoms with Crippen LogP contribution in [-0.2, 0) is 9.59 Å². The molecule has 5 nitrogen and oxygen atoms in total. The van der Waals surface area contributed by atoms with Crippen molar-refractivity contribution in [1.29, 1.82) is 0 Å². The van der Waals surface area contributed by atoms with E-state index in [0.717, 1.165) is 12.2 Å². The van der Waals surface area contributed by atoms with Crippen LogP contribution in [0.25, 0.3) is 0 Å². The number of aliphatic hydroxyl groups excluding tert-OH is 1. The molecule has 1 amide bonds. The first-order valence-corrected chi connectivity index (χ1v) is 4.88. The summed E-state index contributed by atoms with van der Waals surface area (Å²) >= 11 is 0. The van der Waals surface area contributed by atoms with Crippen molar-refractivity contribution in [3.63, 3.8) is 0 Å². The first-order valence-electron chi connectivity index (χ1n) is 4.88. The summed E-state index contributed by atoms with van der Waals surface area (Å²) in [5.41, 5.74) is 0. The maximum Gasteiger partial charge on any atom is 0.328 e. The summed E-state index contributed by atoms with van der Waals surface area (Å²) in [6.07, 6.45) is 2.07. The molecule has 84 valence electrons. The quantitative estimate of drug-likeness (QED) is 0.626. The van der Waals surface area contributed by atoms with Gasteiger partial charge in [-0.3, -0.25) is 4.79 Å². The van der Waals surface area contributed by atoms with E-state index in [1.807, 2.05) is 6.92 Å². The summed E-state index contributed by atoms with van der Waals surface area (Å²) in [6.45, 7) is 2.82. The Bertz CT molecular complexity index is 287. The van der Waals surface area contributed by atoms with Crippen molar-refractivity contribution in [2.24, 2.45) is 5.92 Å². The first-order chi connectivity index (χ1) is 7.00. The lowest BCUT2D eigenvalue weighted by molar-refractivity contribution is -0.133. The number of likely N-dealkylation sites (tertiary alicyclic amines) is 1. The number of aliphatic hydroxyl groups is 1. The average molecular weight is 213 g/mol. The lowest BCUT2D eigenvalue weighted by Gasteiger charge is -2.33. The SMILES string of the molecule is C[C@@H]1CN(C(=O)/C=C/C(=O)O)CC[C@@H]1O. The molecule has 5 heteroatoms. The van der Waals surface area contributed by atoms with Gasteiger partial charge in [-0.1, -0.05) is 6.92 Å². The van der Waals surface area contributed by atoms with E-state index in [1.54, 1.807) is 4.90 Å². The van der Waals surface area contributed by atoms with Gasteiger partial charge in [-0.15, -0.1) is 0 Å². The molecule has 15 heavy (non-hydrogen) atoms. The minimum atomic E-state index is -1.13. The molecule has 0 bridgehead atoms. The van der Waals surface area contributed by atoms with Crippen molar-refractivity contribution in [3.8, 4) is 0 Å². The number of rotatable bonds is 2. The van der Waals surface area contributed by atoms with Crippen LogP contribution in [0, 0.1) is 5.92 Å². The van der Waals surface area contributed by atoms with Gasteiger partial charge in [0.2, 0.25) is 5.91 Å². The van der Waals surface area contributed by atoms with E-state index in [9.17, 15) is 14.7 Å². The zero-order valence-corrected chi connectivity index (χ0v) is 8.59. The molecule has 1 rings (SSSR count). The van der Waals surface area contributed by atoms with E-state index in [0.29, 0.717) is 19.5 Å². The number of amides is 1. The van der Waals surface area contributed by atoms with Crippen LogP contribution in [0.15, 0.2) is 12.2 Å². The Kier molecular flexibility index (Phi) is 3.85. The Hall–Kier alpha value is -1.36. The molecule has 0 unspecified atom stereocenters. The second-order valence-electron chi connectivity index (χ2n) is 3.79. The predicted octanol–water partition coefficient (Wildman–Crippen LogP) is -0.144. The van der Waals surface area contributed by atoms with E-state index >= 15 is 0 Å². The zero-order valence-electron chi connectivity index (χ0n) is 8.59. The van der Waals surface area contributed by atoms with Gasteiger partial charge in [-0.25, -0.2) is 4.79 Å². The molecule has 1 aliphatic rings. The van der Waals surface area contributed by atoms with Gasteiger partial charge in [0.1, 0.15) is 0 Å². The number of carboxylic acids is 1. The Balaban J connectivity index is 2.51. The predicted molar refractivity (Wildman–Crippen MR) is 53.1 cm³/mol. The van der Waals surface area contributed by atoms with E-state index in [-0.39, 0.29) is 17.9 Å². The fourth-order valence-corrected chi connectivity index (χ4v) is 1.58. The fourth-order valence-electron chi connectivity index (χ4n) is 1.58. The van der Waals surface area contributed by atoms with Crippen LogP contribution in [0.5, 0.6) is 0 Å². The molecule has 0 saturated carbocycles. The molecule has 1 fully saturated rings. The van der Waals surface area contributed by atoms with Crippen LogP contribution >= 0.6 is 0 Å². The number of hydrogen-bond donors (Lipinski definition) is 2. The molecule has 2 N–H and O–H groups in total. The highest BCUT2D eigenvalue weighted by Crippen LogP contribution is 2.16. The minimum Gasteiger partial charge on any atom is -0.478 e. The van der Waals surface area contributed by atoms with Crippen molar-refractivity contribution in [2.45, 2.75) is 19.4 Å². The number of carbonyl (C=O) groups is 2.